The summed E-state index contributed by atoms with van der Waals surface area (Å²) in [6.07, 6.45) is 7.35. The van der Waals surface area contributed by atoms with E-state index in [4.69, 9.17) is 16.9 Å². The average molecular weight is 182 g/mol. The number of ether oxygens (including phenoxy) is 1. The van der Waals surface area contributed by atoms with Crippen LogP contribution >= 0.6 is 0 Å². The van der Waals surface area contributed by atoms with E-state index in [9.17, 15) is 0 Å². The molecule has 0 spiro atoms. The van der Waals surface area contributed by atoms with Gasteiger partial charge in [-0.1, -0.05) is 0 Å². The fraction of sp³-hybridized carbons (Fsp3) is 0.800. The largest absolute Gasteiger partial charge is 0.374 e. The highest BCUT2D eigenvalue weighted by Gasteiger charge is 2.17. The predicted molar refractivity (Wildman–Crippen MR) is 53.3 cm³/mol. The Morgan fingerprint density at radius 1 is 1.62 bits per heavy atom. The lowest BCUT2D eigenvalue weighted by molar-refractivity contribution is -0.0232. The summed E-state index contributed by atoms with van der Waals surface area (Å²) >= 11 is 0. The van der Waals surface area contributed by atoms with Gasteiger partial charge in [-0.2, -0.15) is 0 Å². The zero-order chi connectivity index (χ0) is 9.52. The molecular weight excluding hydrogens is 164 g/mol. The third kappa shape index (κ3) is 3.77. The standard InChI is InChI=1S/C10H18N2O/c1-2-3-4-5-12-6-7-13-10(8-11)9-12/h1,10H,3-9,11H2. The number of unbranched alkanes of at least 4 members (excludes halogenated alkanes) is 1. The van der Waals surface area contributed by atoms with Crippen molar-refractivity contribution < 1.29 is 4.74 Å². The van der Waals surface area contributed by atoms with Gasteiger partial charge in [-0.15, -0.1) is 12.3 Å². The molecule has 1 atom stereocenters. The first-order valence-corrected chi connectivity index (χ1v) is 4.84. The van der Waals surface area contributed by atoms with Crippen molar-refractivity contribution in [3.8, 4) is 12.3 Å². The number of hydrogen-bond acceptors (Lipinski definition) is 3. The first-order valence-electron chi connectivity index (χ1n) is 4.84. The maximum Gasteiger partial charge on any atom is 0.0824 e. The molecule has 13 heavy (non-hydrogen) atoms. The molecule has 3 heteroatoms. The number of morpholine rings is 1. The molecule has 3 nitrogen and oxygen atoms in total. The molecule has 1 fully saturated rings. The van der Waals surface area contributed by atoms with Crippen LogP contribution in [0.4, 0.5) is 0 Å². The topological polar surface area (TPSA) is 38.5 Å². The Labute approximate surface area is 80.2 Å². The smallest absolute Gasteiger partial charge is 0.0824 e. The lowest BCUT2D eigenvalue weighted by Crippen LogP contribution is -2.45. The Bertz CT molecular complexity index is 176. The fourth-order valence-electron chi connectivity index (χ4n) is 1.53. The summed E-state index contributed by atoms with van der Waals surface area (Å²) in [6.45, 7) is 4.47. The van der Waals surface area contributed by atoms with Gasteiger partial charge in [0, 0.05) is 26.1 Å². The first kappa shape index (κ1) is 10.5. The van der Waals surface area contributed by atoms with Gasteiger partial charge >= 0.3 is 0 Å². The molecule has 2 N–H and O–H groups in total. The molecule has 0 aromatic heterocycles. The monoisotopic (exact) mass is 182 g/mol. The van der Waals surface area contributed by atoms with Crippen LogP contribution in [-0.2, 0) is 4.74 Å². The van der Waals surface area contributed by atoms with Crippen molar-refractivity contribution in [1.29, 1.82) is 0 Å². The molecular formula is C10H18N2O. The van der Waals surface area contributed by atoms with Crippen LogP contribution in [0.5, 0.6) is 0 Å². The van der Waals surface area contributed by atoms with E-state index < -0.39 is 0 Å². The van der Waals surface area contributed by atoms with Crippen molar-refractivity contribution in [2.24, 2.45) is 5.73 Å². The van der Waals surface area contributed by atoms with Crippen molar-refractivity contribution in [2.75, 3.05) is 32.8 Å². The Hall–Kier alpha value is -0.560. The van der Waals surface area contributed by atoms with Gasteiger partial charge in [0.05, 0.1) is 12.7 Å². The van der Waals surface area contributed by atoms with E-state index >= 15 is 0 Å². The molecule has 0 saturated carbocycles. The van der Waals surface area contributed by atoms with E-state index in [0.29, 0.717) is 6.54 Å². The second-order valence-corrected chi connectivity index (χ2v) is 3.34. The molecule has 1 aliphatic rings. The Morgan fingerprint density at radius 3 is 3.15 bits per heavy atom. The summed E-state index contributed by atoms with van der Waals surface area (Å²) in [5, 5.41) is 0. The fourth-order valence-corrected chi connectivity index (χ4v) is 1.53. The second-order valence-electron chi connectivity index (χ2n) is 3.34. The molecule has 1 aliphatic heterocycles. The van der Waals surface area contributed by atoms with Gasteiger partial charge in [0.15, 0.2) is 0 Å². The quantitative estimate of drug-likeness (QED) is 0.493. The van der Waals surface area contributed by atoms with Crippen LogP contribution < -0.4 is 5.73 Å². The summed E-state index contributed by atoms with van der Waals surface area (Å²) in [5.41, 5.74) is 5.54. The molecule has 1 heterocycles. The Morgan fingerprint density at radius 2 is 2.46 bits per heavy atom. The molecule has 0 radical (unpaired) electrons. The lowest BCUT2D eigenvalue weighted by Gasteiger charge is -2.32. The number of terminal acetylenes is 1. The van der Waals surface area contributed by atoms with Crippen LogP contribution in [0.1, 0.15) is 12.8 Å². The van der Waals surface area contributed by atoms with Gasteiger partial charge in [-0.25, -0.2) is 0 Å². The average Bonchev–Trinajstić information content (AvgIpc) is 2.19. The molecule has 0 aliphatic carbocycles. The van der Waals surface area contributed by atoms with Crippen LogP contribution in [0.2, 0.25) is 0 Å². The second kappa shape index (κ2) is 5.98. The van der Waals surface area contributed by atoms with Crippen LogP contribution in [-0.4, -0.2) is 43.8 Å². The van der Waals surface area contributed by atoms with Crippen molar-refractivity contribution in [3.05, 3.63) is 0 Å². The first-order chi connectivity index (χ1) is 6.36. The molecule has 1 saturated heterocycles. The molecule has 0 amide bonds. The van der Waals surface area contributed by atoms with Crippen molar-refractivity contribution in [2.45, 2.75) is 18.9 Å². The normalized spacial score (nSPS) is 24.2. The number of nitrogens with zero attached hydrogens (tertiary/aromatic N) is 1. The summed E-state index contributed by atoms with van der Waals surface area (Å²) in [4.78, 5) is 2.37. The Kier molecular flexibility index (Phi) is 4.84. The van der Waals surface area contributed by atoms with E-state index in [0.717, 1.165) is 39.1 Å². The van der Waals surface area contributed by atoms with E-state index in [1.54, 1.807) is 0 Å². The van der Waals surface area contributed by atoms with Crippen LogP contribution in [0.25, 0.3) is 0 Å². The summed E-state index contributed by atoms with van der Waals surface area (Å²) in [5.74, 6) is 2.65. The molecule has 0 bridgehead atoms. The highest BCUT2D eigenvalue weighted by Crippen LogP contribution is 2.04. The third-order valence-corrected chi connectivity index (χ3v) is 2.28. The highest BCUT2D eigenvalue weighted by atomic mass is 16.5. The van der Waals surface area contributed by atoms with Gasteiger partial charge in [-0.3, -0.25) is 4.90 Å². The summed E-state index contributed by atoms with van der Waals surface area (Å²) in [6, 6.07) is 0. The molecule has 0 aromatic carbocycles. The van der Waals surface area contributed by atoms with E-state index in [1.807, 2.05) is 0 Å². The lowest BCUT2D eigenvalue weighted by atomic mass is 10.2. The van der Waals surface area contributed by atoms with Crippen molar-refractivity contribution in [1.82, 2.24) is 4.90 Å². The zero-order valence-corrected chi connectivity index (χ0v) is 8.04. The summed E-state index contributed by atoms with van der Waals surface area (Å²) < 4.78 is 5.46. The summed E-state index contributed by atoms with van der Waals surface area (Å²) in [7, 11) is 0. The van der Waals surface area contributed by atoms with Crippen molar-refractivity contribution in [3.63, 3.8) is 0 Å². The van der Waals surface area contributed by atoms with Crippen LogP contribution in [0.3, 0.4) is 0 Å². The van der Waals surface area contributed by atoms with Crippen LogP contribution in [0.15, 0.2) is 0 Å². The van der Waals surface area contributed by atoms with Gasteiger partial charge < -0.3 is 10.5 Å². The van der Waals surface area contributed by atoms with Crippen molar-refractivity contribution >= 4 is 0 Å². The minimum atomic E-state index is 0.222. The SMILES string of the molecule is C#CCCCN1CCOC(CN)C1. The highest BCUT2D eigenvalue weighted by molar-refractivity contribution is 4.84. The van der Waals surface area contributed by atoms with E-state index in [1.165, 1.54) is 0 Å². The zero-order valence-electron chi connectivity index (χ0n) is 8.04. The molecule has 74 valence electrons. The van der Waals surface area contributed by atoms with Gasteiger partial charge in [0.1, 0.15) is 0 Å². The van der Waals surface area contributed by atoms with Gasteiger partial charge in [0.25, 0.3) is 0 Å². The molecule has 1 unspecified atom stereocenters. The van der Waals surface area contributed by atoms with E-state index in [2.05, 4.69) is 10.8 Å². The maximum absolute atomic E-state index is 5.54. The molecule has 1 rings (SSSR count). The number of hydrogen-bond donors (Lipinski definition) is 1. The van der Waals surface area contributed by atoms with Crippen LogP contribution in [0, 0.1) is 12.3 Å². The molecule has 0 aromatic rings. The Balaban J connectivity index is 2.15. The minimum Gasteiger partial charge on any atom is -0.374 e. The maximum atomic E-state index is 5.54. The number of rotatable bonds is 4. The number of nitrogens with two attached hydrogens (primary N) is 1. The van der Waals surface area contributed by atoms with Gasteiger partial charge in [0.2, 0.25) is 0 Å². The minimum absolute atomic E-state index is 0.222. The van der Waals surface area contributed by atoms with E-state index in [-0.39, 0.29) is 6.10 Å². The third-order valence-electron chi connectivity index (χ3n) is 2.28. The van der Waals surface area contributed by atoms with Gasteiger partial charge in [-0.05, 0) is 13.0 Å². The predicted octanol–water partition coefficient (Wildman–Crippen LogP) is 0.0593.